The first-order valence-corrected chi connectivity index (χ1v) is 8.94. The van der Waals surface area contributed by atoms with E-state index >= 15 is 0 Å². The lowest BCUT2D eigenvalue weighted by Crippen LogP contribution is -2.52. The van der Waals surface area contributed by atoms with Crippen LogP contribution in [0.25, 0.3) is 0 Å². The molecule has 0 N–H and O–H groups in total. The Balaban J connectivity index is 1.73. The van der Waals surface area contributed by atoms with Crippen molar-refractivity contribution in [1.82, 2.24) is 14.7 Å². The molecule has 0 unspecified atom stereocenters. The van der Waals surface area contributed by atoms with Crippen molar-refractivity contribution in [3.8, 4) is 0 Å². The minimum Gasteiger partial charge on any atom is -0.339 e. The molecule has 2 aliphatic rings. The molecule has 0 radical (unpaired) electrons. The van der Waals surface area contributed by atoms with E-state index in [0.717, 1.165) is 0 Å². The van der Waals surface area contributed by atoms with Gasteiger partial charge in [-0.2, -0.15) is 0 Å². The van der Waals surface area contributed by atoms with Crippen LogP contribution in [-0.2, 0) is 14.4 Å². The van der Waals surface area contributed by atoms with Crippen molar-refractivity contribution in [3.05, 3.63) is 12.7 Å². The Kier molecular flexibility index (Phi) is 6.82. The molecule has 0 aromatic carbocycles. The van der Waals surface area contributed by atoms with Crippen molar-refractivity contribution >= 4 is 17.7 Å². The van der Waals surface area contributed by atoms with Crippen LogP contribution >= 0.6 is 0 Å². The van der Waals surface area contributed by atoms with Gasteiger partial charge in [0.25, 0.3) is 0 Å². The molecule has 0 bridgehead atoms. The summed E-state index contributed by atoms with van der Waals surface area (Å²) in [4.78, 5) is 41.0. The Morgan fingerprint density at radius 2 is 1.54 bits per heavy atom. The van der Waals surface area contributed by atoms with Gasteiger partial charge in [0.2, 0.25) is 17.7 Å². The molecule has 1 aliphatic carbocycles. The summed E-state index contributed by atoms with van der Waals surface area (Å²) in [5, 5.41) is 0. The van der Waals surface area contributed by atoms with E-state index in [1.165, 1.54) is 43.1 Å². The highest BCUT2D eigenvalue weighted by Crippen LogP contribution is 2.27. The monoisotopic (exact) mass is 335 g/mol. The van der Waals surface area contributed by atoms with Crippen molar-refractivity contribution in [2.45, 2.75) is 38.5 Å². The second kappa shape index (κ2) is 8.85. The Hall–Kier alpha value is -1.85. The zero-order chi connectivity index (χ0) is 17.5. The summed E-state index contributed by atoms with van der Waals surface area (Å²) in [5.41, 5.74) is 0. The Bertz CT molecular complexity index is 478. The van der Waals surface area contributed by atoms with E-state index < -0.39 is 0 Å². The molecule has 1 saturated carbocycles. The SMILES string of the molecule is C=CC(=O)N(C)CC(=O)N1CCN(C(=O)CC2CCCCC2)CC1. The quantitative estimate of drug-likeness (QED) is 0.711. The average Bonchev–Trinajstić information content (AvgIpc) is 2.61. The Labute approximate surface area is 144 Å². The van der Waals surface area contributed by atoms with Crippen LogP contribution in [0.15, 0.2) is 12.7 Å². The fourth-order valence-corrected chi connectivity index (χ4v) is 3.51. The topological polar surface area (TPSA) is 60.9 Å². The Morgan fingerprint density at radius 3 is 2.08 bits per heavy atom. The first-order chi connectivity index (χ1) is 11.5. The highest BCUT2D eigenvalue weighted by Gasteiger charge is 2.26. The maximum Gasteiger partial charge on any atom is 0.246 e. The van der Waals surface area contributed by atoms with E-state index in [1.54, 1.807) is 11.9 Å². The second-order valence-electron chi connectivity index (χ2n) is 6.87. The number of nitrogens with zero attached hydrogens (tertiary/aromatic N) is 3. The van der Waals surface area contributed by atoms with Crippen LogP contribution in [0.1, 0.15) is 38.5 Å². The predicted octanol–water partition coefficient (Wildman–Crippen LogP) is 1.27. The van der Waals surface area contributed by atoms with Crippen LogP contribution in [0.5, 0.6) is 0 Å². The van der Waals surface area contributed by atoms with Gasteiger partial charge in [-0.25, -0.2) is 0 Å². The predicted molar refractivity (Wildman–Crippen MR) is 92.2 cm³/mol. The standard InChI is InChI=1S/C18H29N3O3/c1-3-16(22)19(2)14-18(24)21-11-9-20(10-12-21)17(23)13-15-7-5-4-6-8-15/h3,15H,1,4-14H2,2H3. The van der Waals surface area contributed by atoms with E-state index in [0.29, 0.717) is 38.5 Å². The van der Waals surface area contributed by atoms with Crippen LogP contribution in [0.2, 0.25) is 0 Å². The van der Waals surface area contributed by atoms with Gasteiger partial charge in [-0.1, -0.05) is 25.8 Å². The van der Waals surface area contributed by atoms with Crippen molar-refractivity contribution < 1.29 is 14.4 Å². The third-order valence-corrected chi connectivity index (χ3v) is 5.10. The number of rotatable bonds is 5. The first kappa shape index (κ1) is 18.5. The molecule has 1 heterocycles. The minimum atomic E-state index is -0.260. The van der Waals surface area contributed by atoms with Crippen LogP contribution in [0.4, 0.5) is 0 Å². The van der Waals surface area contributed by atoms with Gasteiger partial charge < -0.3 is 14.7 Å². The first-order valence-electron chi connectivity index (χ1n) is 8.94. The number of hydrogen-bond acceptors (Lipinski definition) is 3. The zero-order valence-corrected chi connectivity index (χ0v) is 14.7. The van der Waals surface area contributed by atoms with E-state index in [4.69, 9.17) is 0 Å². The van der Waals surface area contributed by atoms with Crippen molar-refractivity contribution in [1.29, 1.82) is 0 Å². The summed E-state index contributed by atoms with van der Waals surface area (Å²) < 4.78 is 0. The maximum atomic E-state index is 12.4. The summed E-state index contributed by atoms with van der Waals surface area (Å²) in [6.45, 7) is 5.76. The molecule has 3 amide bonds. The smallest absolute Gasteiger partial charge is 0.246 e. The highest BCUT2D eigenvalue weighted by atomic mass is 16.2. The van der Waals surface area contributed by atoms with Crippen LogP contribution < -0.4 is 0 Å². The molecule has 0 aromatic heterocycles. The summed E-state index contributed by atoms with van der Waals surface area (Å²) in [7, 11) is 1.59. The molecule has 6 nitrogen and oxygen atoms in total. The molecule has 24 heavy (non-hydrogen) atoms. The number of carbonyl (C=O) groups is 3. The van der Waals surface area contributed by atoms with Crippen molar-refractivity contribution in [2.75, 3.05) is 39.8 Å². The van der Waals surface area contributed by atoms with E-state index in [2.05, 4.69) is 6.58 Å². The highest BCUT2D eigenvalue weighted by molar-refractivity contribution is 5.90. The van der Waals surface area contributed by atoms with Gasteiger partial charge in [-0.15, -0.1) is 0 Å². The van der Waals surface area contributed by atoms with Crippen LogP contribution in [-0.4, -0.2) is 72.2 Å². The van der Waals surface area contributed by atoms with Crippen LogP contribution in [0.3, 0.4) is 0 Å². The third-order valence-electron chi connectivity index (χ3n) is 5.10. The Morgan fingerprint density at radius 1 is 1.00 bits per heavy atom. The van der Waals surface area contributed by atoms with E-state index in [9.17, 15) is 14.4 Å². The van der Waals surface area contributed by atoms with Gasteiger partial charge in [0, 0.05) is 39.6 Å². The average molecular weight is 335 g/mol. The van der Waals surface area contributed by atoms with Crippen LogP contribution in [0, 0.1) is 5.92 Å². The summed E-state index contributed by atoms with van der Waals surface area (Å²) >= 11 is 0. The molecule has 2 rings (SSSR count). The fraction of sp³-hybridized carbons (Fsp3) is 0.722. The summed E-state index contributed by atoms with van der Waals surface area (Å²) in [6.07, 6.45) is 8.00. The molecular formula is C18H29N3O3. The second-order valence-corrected chi connectivity index (χ2v) is 6.87. The van der Waals surface area contributed by atoms with Gasteiger partial charge in [-0.3, -0.25) is 14.4 Å². The van der Waals surface area contributed by atoms with E-state index in [1.807, 2.05) is 4.90 Å². The molecule has 134 valence electrons. The maximum absolute atomic E-state index is 12.4. The van der Waals surface area contributed by atoms with Crippen molar-refractivity contribution in [3.63, 3.8) is 0 Å². The van der Waals surface area contributed by atoms with Gasteiger partial charge in [0.1, 0.15) is 0 Å². The largest absolute Gasteiger partial charge is 0.339 e. The lowest BCUT2D eigenvalue weighted by Gasteiger charge is -2.36. The van der Waals surface area contributed by atoms with Gasteiger partial charge in [0.15, 0.2) is 0 Å². The number of carbonyl (C=O) groups excluding carboxylic acids is 3. The molecule has 1 saturated heterocycles. The molecule has 6 heteroatoms. The third kappa shape index (κ3) is 5.08. The number of amides is 3. The molecule has 2 fully saturated rings. The number of likely N-dealkylation sites (N-methyl/N-ethyl adjacent to an activating group) is 1. The fourth-order valence-electron chi connectivity index (χ4n) is 3.51. The normalized spacial score (nSPS) is 19.0. The van der Waals surface area contributed by atoms with Crippen molar-refractivity contribution in [2.24, 2.45) is 5.92 Å². The number of piperazine rings is 1. The molecule has 0 aromatic rings. The lowest BCUT2D eigenvalue weighted by molar-refractivity contribution is -0.142. The van der Waals surface area contributed by atoms with Gasteiger partial charge in [-0.05, 0) is 24.8 Å². The minimum absolute atomic E-state index is 0.0564. The number of hydrogen-bond donors (Lipinski definition) is 0. The van der Waals surface area contributed by atoms with Gasteiger partial charge in [0.05, 0.1) is 6.54 Å². The zero-order valence-electron chi connectivity index (χ0n) is 14.7. The molecular weight excluding hydrogens is 306 g/mol. The lowest BCUT2D eigenvalue weighted by atomic mass is 9.86. The summed E-state index contributed by atoms with van der Waals surface area (Å²) in [5.74, 6) is 0.439. The molecule has 0 spiro atoms. The molecule has 1 aliphatic heterocycles. The van der Waals surface area contributed by atoms with E-state index in [-0.39, 0.29) is 24.3 Å². The summed E-state index contributed by atoms with van der Waals surface area (Å²) in [6, 6.07) is 0. The van der Waals surface area contributed by atoms with Gasteiger partial charge >= 0.3 is 0 Å². The molecule has 0 atom stereocenters.